The summed E-state index contributed by atoms with van der Waals surface area (Å²) in [6.45, 7) is 2.06. The maximum absolute atomic E-state index is 12.4. The predicted molar refractivity (Wildman–Crippen MR) is 79.5 cm³/mol. The Bertz CT molecular complexity index is 491. The van der Waals surface area contributed by atoms with Crippen molar-refractivity contribution in [2.45, 2.75) is 45.1 Å². The van der Waals surface area contributed by atoms with E-state index in [0.717, 1.165) is 29.2 Å². The summed E-state index contributed by atoms with van der Waals surface area (Å²) in [7, 11) is 0. The fourth-order valence-electron chi connectivity index (χ4n) is 5.10. The Kier molecular flexibility index (Phi) is 2.87. The number of rotatable bonds is 2. The quantitative estimate of drug-likeness (QED) is 0.874. The highest BCUT2D eigenvalue weighted by molar-refractivity contribution is 5.94. The smallest absolute Gasteiger partial charge is 0.251 e. The van der Waals surface area contributed by atoms with Crippen LogP contribution in [0.15, 0.2) is 24.3 Å². The minimum atomic E-state index is 0.127. The van der Waals surface area contributed by atoms with E-state index in [2.05, 4.69) is 12.2 Å². The Labute approximate surface area is 121 Å². The average molecular weight is 269 g/mol. The molecular formula is C18H23NO. The van der Waals surface area contributed by atoms with Crippen LogP contribution < -0.4 is 5.32 Å². The molecule has 2 nitrogen and oxygen atoms in total. The summed E-state index contributed by atoms with van der Waals surface area (Å²) >= 11 is 0. The molecule has 0 radical (unpaired) electrons. The summed E-state index contributed by atoms with van der Waals surface area (Å²) in [5.74, 6) is 3.55. The Morgan fingerprint density at radius 2 is 1.50 bits per heavy atom. The lowest BCUT2D eigenvalue weighted by Crippen LogP contribution is -2.55. The topological polar surface area (TPSA) is 29.1 Å². The summed E-state index contributed by atoms with van der Waals surface area (Å²) in [5, 5.41) is 3.36. The van der Waals surface area contributed by atoms with Gasteiger partial charge >= 0.3 is 0 Å². The fraction of sp³-hybridized carbons (Fsp3) is 0.611. The van der Waals surface area contributed by atoms with Crippen molar-refractivity contribution in [3.05, 3.63) is 35.4 Å². The van der Waals surface area contributed by atoms with Crippen molar-refractivity contribution in [3.8, 4) is 0 Å². The largest absolute Gasteiger partial charge is 0.349 e. The van der Waals surface area contributed by atoms with E-state index in [1.807, 2.05) is 24.3 Å². The first-order chi connectivity index (χ1) is 9.69. The maximum Gasteiger partial charge on any atom is 0.251 e. The first kappa shape index (κ1) is 12.4. The SMILES string of the molecule is Cc1ccc(C(=O)NC2C3CC4CC(C3)CC2C4)cc1. The predicted octanol–water partition coefficient (Wildman–Crippen LogP) is 3.55. The molecule has 1 aromatic rings. The number of carbonyl (C=O) groups excluding carboxylic acids is 1. The molecule has 1 amide bonds. The first-order valence-corrected chi connectivity index (χ1v) is 8.06. The third-order valence-electron chi connectivity index (χ3n) is 5.84. The number of hydrogen-bond donors (Lipinski definition) is 1. The molecule has 2 heteroatoms. The van der Waals surface area contributed by atoms with Gasteiger partial charge in [0.1, 0.15) is 0 Å². The third-order valence-corrected chi connectivity index (χ3v) is 5.84. The molecule has 0 heterocycles. The molecule has 4 fully saturated rings. The van der Waals surface area contributed by atoms with Gasteiger partial charge < -0.3 is 5.32 Å². The van der Waals surface area contributed by atoms with Crippen LogP contribution in [0.4, 0.5) is 0 Å². The highest BCUT2D eigenvalue weighted by atomic mass is 16.1. The standard InChI is InChI=1S/C18H23NO/c1-11-2-4-14(5-3-11)18(20)19-17-15-7-12-6-13(9-15)10-16(17)8-12/h2-5,12-13,15-17H,6-10H2,1H3,(H,19,20). The molecule has 4 bridgehead atoms. The van der Waals surface area contributed by atoms with Crippen molar-refractivity contribution < 1.29 is 4.79 Å². The van der Waals surface area contributed by atoms with Crippen LogP contribution in [0.2, 0.25) is 0 Å². The van der Waals surface area contributed by atoms with E-state index in [1.165, 1.54) is 37.7 Å². The van der Waals surface area contributed by atoms with Crippen LogP contribution in [0, 0.1) is 30.6 Å². The molecule has 0 spiro atoms. The number of hydrogen-bond acceptors (Lipinski definition) is 1. The number of amides is 1. The van der Waals surface area contributed by atoms with E-state index in [9.17, 15) is 4.79 Å². The Hall–Kier alpha value is -1.31. The molecule has 106 valence electrons. The molecule has 0 aromatic heterocycles. The van der Waals surface area contributed by atoms with Gasteiger partial charge in [0.25, 0.3) is 5.91 Å². The zero-order valence-corrected chi connectivity index (χ0v) is 12.1. The second kappa shape index (κ2) is 4.61. The van der Waals surface area contributed by atoms with Crippen LogP contribution in [0.25, 0.3) is 0 Å². The Morgan fingerprint density at radius 1 is 0.950 bits per heavy atom. The first-order valence-electron chi connectivity index (χ1n) is 8.06. The molecule has 4 aliphatic rings. The van der Waals surface area contributed by atoms with E-state index < -0.39 is 0 Å². The third kappa shape index (κ3) is 2.06. The Balaban J connectivity index is 1.49. The van der Waals surface area contributed by atoms with Crippen molar-refractivity contribution in [1.82, 2.24) is 5.32 Å². The molecule has 4 saturated carbocycles. The molecule has 0 aliphatic heterocycles. The summed E-state index contributed by atoms with van der Waals surface area (Å²) < 4.78 is 0. The van der Waals surface area contributed by atoms with E-state index in [1.54, 1.807) is 0 Å². The van der Waals surface area contributed by atoms with Crippen LogP contribution in [0.5, 0.6) is 0 Å². The number of carbonyl (C=O) groups is 1. The average Bonchev–Trinajstić information content (AvgIpc) is 2.42. The maximum atomic E-state index is 12.4. The van der Waals surface area contributed by atoms with Crippen molar-refractivity contribution in [2.75, 3.05) is 0 Å². The van der Waals surface area contributed by atoms with Gasteiger partial charge in [-0.2, -0.15) is 0 Å². The van der Waals surface area contributed by atoms with Gasteiger partial charge in [0, 0.05) is 11.6 Å². The highest BCUT2D eigenvalue weighted by Gasteiger charge is 2.48. The van der Waals surface area contributed by atoms with Gasteiger partial charge in [0.05, 0.1) is 0 Å². The van der Waals surface area contributed by atoms with E-state index in [-0.39, 0.29) is 5.91 Å². The van der Waals surface area contributed by atoms with Gasteiger partial charge in [0.2, 0.25) is 0 Å². The van der Waals surface area contributed by atoms with E-state index >= 15 is 0 Å². The van der Waals surface area contributed by atoms with Gasteiger partial charge in [-0.15, -0.1) is 0 Å². The molecule has 0 unspecified atom stereocenters. The molecule has 1 aromatic carbocycles. The van der Waals surface area contributed by atoms with Crippen molar-refractivity contribution in [2.24, 2.45) is 23.7 Å². The highest BCUT2D eigenvalue weighted by Crippen LogP contribution is 2.53. The van der Waals surface area contributed by atoms with Crippen LogP contribution in [-0.2, 0) is 0 Å². The van der Waals surface area contributed by atoms with Crippen LogP contribution >= 0.6 is 0 Å². The van der Waals surface area contributed by atoms with Crippen molar-refractivity contribution >= 4 is 5.91 Å². The lowest BCUT2D eigenvalue weighted by molar-refractivity contribution is -0.0119. The van der Waals surface area contributed by atoms with Gasteiger partial charge in [-0.1, -0.05) is 17.7 Å². The molecular weight excluding hydrogens is 246 g/mol. The molecule has 0 saturated heterocycles. The minimum absolute atomic E-state index is 0.127. The number of benzene rings is 1. The van der Waals surface area contributed by atoms with E-state index in [4.69, 9.17) is 0 Å². The van der Waals surface area contributed by atoms with Gasteiger partial charge in [-0.25, -0.2) is 0 Å². The van der Waals surface area contributed by atoms with Crippen LogP contribution in [-0.4, -0.2) is 11.9 Å². The summed E-state index contributed by atoms with van der Waals surface area (Å²) in [5.41, 5.74) is 2.01. The zero-order chi connectivity index (χ0) is 13.7. The number of nitrogens with one attached hydrogen (secondary N) is 1. The summed E-state index contributed by atoms with van der Waals surface area (Å²) in [6.07, 6.45) is 6.88. The lowest BCUT2D eigenvalue weighted by Gasteiger charge is -2.54. The van der Waals surface area contributed by atoms with Gasteiger partial charge in [-0.05, 0) is 74.8 Å². The van der Waals surface area contributed by atoms with Crippen LogP contribution in [0.1, 0.15) is 48.0 Å². The van der Waals surface area contributed by atoms with Crippen molar-refractivity contribution in [1.29, 1.82) is 0 Å². The number of aryl methyl sites for hydroxylation is 1. The fourth-order valence-corrected chi connectivity index (χ4v) is 5.10. The molecule has 5 rings (SSSR count). The molecule has 0 atom stereocenters. The molecule has 1 N–H and O–H groups in total. The summed E-state index contributed by atoms with van der Waals surface area (Å²) in [6, 6.07) is 8.37. The lowest BCUT2D eigenvalue weighted by atomic mass is 9.54. The monoisotopic (exact) mass is 269 g/mol. The summed E-state index contributed by atoms with van der Waals surface area (Å²) in [4.78, 5) is 12.4. The van der Waals surface area contributed by atoms with Gasteiger partial charge in [-0.3, -0.25) is 4.79 Å². The second-order valence-electron chi connectivity index (χ2n) is 7.30. The van der Waals surface area contributed by atoms with Gasteiger partial charge in [0.15, 0.2) is 0 Å². The zero-order valence-electron chi connectivity index (χ0n) is 12.1. The minimum Gasteiger partial charge on any atom is -0.349 e. The molecule has 4 aliphatic carbocycles. The second-order valence-corrected chi connectivity index (χ2v) is 7.30. The van der Waals surface area contributed by atoms with E-state index in [0.29, 0.717) is 6.04 Å². The normalized spacial score (nSPS) is 38.0. The molecule has 20 heavy (non-hydrogen) atoms. The Morgan fingerprint density at radius 3 is 2.05 bits per heavy atom. The van der Waals surface area contributed by atoms with Crippen molar-refractivity contribution in [3.63, 3.8) is 0 Å². The van der Waals surface area contributed by atoms with Crippen LogP contribution in [0.3, 0.4) is 0 Å².